The molecule has 0 saturated heterocycles. The average molecular weight is 350 g/mol. The highest BCUT2D eigenvalue weighted by Crippen LogP contribution is 2.17. The molecule has 0 atom stereocenters. The normalized spacial score (nSPS) is 11.2. The van der Waals surface area contributed by atoms with Crippen molar-refractivity contribution < 1.29 is 4.79 Å². The summed E-state index contributed by atoms with van der Waals surface area (Å²) >= 11 is 0. The van der Waals surface area contributed by atoms with Crippen molar-refractivity contribution in [3.63, 3.8) is 0 Å². The first-order valence-electron chi connectivity index (χ1n) is 8.91. The molecule has 0 saturated carbocycles. The first-order valence-corrected chi connectivity index (χ1v) is 8.91. The largest absolute Gasteiger partial charge is 0.341 e. The Bertz CT molecular complexity index is 920. The lowest BCUT2D eigenvalue weighted by Gasteiger charge is -2.20. The maximum Gasteiger partial charge on any atom is 0.270 e. The second kappa shape index (κ2) is 7.20. The lowest BCUT2D eigenvalue weighted by atomic mass is 10.2. The van der Waals surface area contributed by atoms with Crippen LogP contribution in [0.5, 0.6) is 0 Å². The van der Waals surface area contributed by atoms with E-state index < -0.39 is 0 Å². The summed E-state index contributed by atoms with van der Waals surface area (Å²) < 4.78 is 3.94. The molecule has 5 nitrogen and oxygen atoms in total. The highest BCUT2D eigenvalue weighted by atomic mass is 16.2. The van der Waals surface area contributed by atoms with Gasteiger partial charge in [-0.25, -0.2) is 4.68 Å². The molecule has 0 aliphatic heterocycles. The second-order valence-electron chi connectivity index (χ2n) is 7.06. The number of carbonyl (C=O) groups is 1. The minimum absolute atomic E-state index is 0.0280. The zero-order valence-electron chi connectivity index (χ0n) is 16.1. The molecule has 1 amide bonds. The van der Waals surface area contributed by atoms with E-state index in [9.17, 15) is 4.79 Å². The Kier molecular flexibility index (Phi) is 4.98. The fourth-order valence-corrected chi connectivity index (χ4v) is 3.24. The van der Waals surface area contributed by atoms with Crippen LogP contribution >= 0.6 is 0 Å². The molecular weight excluding hydrogens is 324 g/mol. The molecule has 0 radical (unpaired) electrons. The zero-order chi connectivity index (χ0) is 18.8. The summed E-state index contributed by atoms with van der Waals surface area (Å²) in [6.07, 6.45) is 1.95. The summed E-state index contributed by atoms with van der Waals surface area (Å²) in [4.78, 5) is 14.6. The van der Waals surface area contributed by atoms with Gasteiger partial charge in [0.15, 0.2) is 0 Å². The summed E-state index contributed by atoms with van der Waals surface area (Å²) in [7, 11) is 1.84. The highest BCUT2D eigenvalue weighted by Gasteiger charge is 2.17. The van der Waals surface area contributed by atoms with E-state index in [0.29, 0.717) is 6.54 Å². The van der Waals surface area contributed by atoms with Gasteiger partial charge in [0.1, 0.15) is 5.69 Å². The number of rotatable bonds is 5. The number of aryl methyl sites for hydroxylation is 2. The van der Waals surface area contributed by atoms with E-state index in [-0.39, 0.29) is 11.9 Å². The quantitative estimate of drug-likeness (QED) is 0.694. The Morgan fingerprint density at radius 1 is 1.15 bits per heavy atom. The van der Waals surface area contributed by atoms with Crippen molar-refractivity contribution in [3.05, 3.63) is 71.3 Å². The lowest BCUT2D eigenvalue weighted by Crippen LogP contribution is -2.28. The predicted octanol–water partition coefficient (Wildman–Crippen LogP) is 4.14. The van der Waals surface area contributed by atoms with E-state index in [0.717, 1.165) is 28.3 Å². The van der Waals surface area contributed by atoms with Gasteiger partial charge in [-0.2, -0.15) is 5.10 Å². The van der Waals surface area contributed by atoms with Crippen molar-refractivity contribution in [1.29, 1.82) is 0 Å². The molecule has 26 heavy (non-hydrogen) atoms. The fourth-order valence-electron chi connectivity index (χ4n) is 3.24. The second-order valence-corrected chi connectivity index (χ2v) is 7.06. The third-order valence-corrected chi connectivity index (χ3v) is 4.49. The first-order chi connectivity index (χ1) is 12.4. The van der Waals surface area contributed by atoms with Crippen molar-refractivity contribution >= 4 is 5.91 Å². The van der Waals surface area contributed by atoms with Crippen LogP contribution in [0.2, 0.25) is 0 Å². The van der Waals surface area contributed by atoms with Crippen LogP contribution in [0, 0.1) is 13.8 Å². The van der Waals surface area contributed by atoms with Crippen molar-refractivity contribution in [1.82, 2.24) is 19.2 Å². The van der Waals surface area contributed by atoms with Gasteiger partial charge in [0.2, 0.25) is 0 Å². The molecule has 3 rings (SSSR count). The Labute approximate surface area is 154 Å². The topological polar surface area (TPSA) is 43.1 Å². The van der Waals surface area contributed by atoms with Crippen molar-refractivity contribution in [2.45, 2.75) is 40.3 Å². The molecule has 0 N–H and O–H groups in total. The maximum atomic E-state index is 12.8. The van der Waals surface area contributed by atoms with Crippen molar-refractivity contribution in [2.24, 2.45) is 0 Å². The molecule has 1 aromatic carbocycles. The summed E-state index contributed by atoms with van der Waals surface area (Å²) in [5, 5.41) is 4.54. The van der Waals surface area contributed by atoms with Crippen LogP contribution in [-0.2, 0) is 6.54 Å². The van der Waals surface area contributed by atoms with Crippen molar-refractivity contribution in [2.75, 3.05) is 7.05 Å². The molecule has 0 unspecified atom stereocenters. The van der Waals surface area contributed by atoms with Gasteiger partial charge in [0.05, 0.1) is 11.4 Å². The molecule has 0 aliphatic carbocycles. The number of amides is 1. The van der Waals surface area contributed by atoms with E-state index in [2.05, 4.69) is 31.1 Å². The molecule has 0 aliphatic rings. The fraction of sp³-hybridized carbons (Fsp3) is 0.333. The number of hydrogen-bond donors (Lipinski definition) is 0. The molecule has 2 heterocycles. The van der Waals surface area contributed by atoms with E-state index in [1.165, 1.54) is 0 Å². The molecular formula is C21H26N4O. The summed E-state index contributed by atoms with van der Waals surface area (Å²) in [5.41, 5.74) is 4.90. The molecule has 136 valence electrons. The van der Waals surface area contributed by atoms with E-state index in [1.807, 2.05) is 66.7 Å². The number of benzene rings is 1. The van der Waals surface area contributed by atoms with E-state index >= 15 is 0 Å². The van der Waals surface area contributed by atoms with Gasteiger partial charge in [-0.3, -0.25) is 4.79 Å². The van der Waals surface area contributed by atoms with Gasteiger partial charge in [-0.05, 0) is 63.6 Å². The minimum atomic E-state index is 0.0280. The zero-order valence-corrected chi connectivity index (χ0v) is 16.1. The smallest absolute Gasteiger partial charge is 0.270 e. The first kappa shape index (κ1) is 18.0. The number of carbonyl (C=O) groups excluding carboxylic acids is 1. The van der Waals surface area contributed by atoms with Gasteiger partial charge in [-0.15, -0.1) is 0 Å². The maximum absolute atomic E-state index is 12.8. The Hall–Kier alpha value is -2.82. The van der Waals surface area contributed by atoms with Crippen LogP contribution in [0.4, 0.5) is 0 Å². The van der Waals surface area contributed by atoms with E-state index in [4.69, 9.17) is 0 Å². The SMILES string of the molecule is Cc1cc(C)n(-c2cccc(CN(C)C(=O)c3cccn3C(C)C)c2)n1. The van der Waals surface area contributed by atoms with Crippen LogP contribution in [0.1, 0.15) is 47.3 Å². The lowest BCUT2D eigenvalue weighted by molar-refractivity contribution is 0.0772. The Morgan fingerprint density at radius 3 is 2.58 bits per heavy atom. The molecule has 0 fully saturated rings. The van der Waals surface area contributed by atoms with Crippen LogP contribution in [-0.4, -0.2) is 32.2 Å². The van der Waals surface area contributed by atoms with Crippen LogP contribution in [0.15, 0.2) is 48.7 Å². The number of nitrogens with zero attached hydrogens (tertiary/aromatic N) is 4. The van der Waals surface area contributed by atoms with Crippen molar-refractivity contribution in [3.8, 4) is 5.69 Å². The van der Waals surface area contributed by atoms with Gasteiger partial charge in [-0.1, -0.05) is 12.1 Å². The molecule has 0 spiro atoms. The van der Waals surface area contributed by atoms with Gasteiger partial charge in [0.25, 0.3) is 5.91 Å². The molecule has 3 aromatic rings. The van der Waals surface area contributed by atoms with Gasteiger partial charge in [0, 0.05) is 31.5 Å². The van der Waals surface area contributed by atoms with E-state index in [1.54, 1.807) is 4.90 Å². The number of hydrogen-bond acceptors (Lipinski definition) is 2. The standard InChI is InChI=1S/C21H26N4O/c1-15(2)24-11-7-10-20(24)21(26)23(5)14-18-8-6-9-19(13-18)25-17(4)12-16(3)22-25/h6-13,15H,14H2,1-5H3. The Balaban J connectivity index is 1.80. The van der Waals surface area contributed by atoms with Crippen LogP contribution < -0.4 is 0 Å². The third-order valence-electron chi connectivity index (χ3n) is 4.49. The summed E-state index contributed by atoms with van der Waals surface area (Å²) in [5.74, 6) is 0.0280. The molecule has 0 bridgehead atoms. The van der Waals surface area contributed by atoms with Gasteiger partial charge >= 0.3 is 0 Å². The highest BCUT2D eigenvalue weighted by molar-refractivity contribution is 5.92. The molecule has 5 heteroatoms. The third kappa shape index (κ3) is 3.57. The summed E-state index contributed by atoms with van der Waals surface area (Å²) in [6, 6.07) is 14.3. The average Bonchev–Trinajstić information content (AvgIpc) is 3.20. The monoisotopic (exact) mass is 350 g/mol. The Morgan fingerprint density at radius 2 is 1.92 bits per heavy atom. The minimum Gasteiger partial charge on any atom is -0.341 e. The van der Waals surface area contributed by atoms with Crippen LogP contribution in [0.3, 0.4) is 0 Å². The summed E-state index contributed by atoms with van der Waals surface area (Å²) in [6.45, 7) is 8.74. The van der Waals surface area contributed by atoms with Crippen LogP contribution in [0.25, 0.3) is 5.69 Å². The predicted molar refractivity (Wildman–Crippen MR) is 104 cm³/mol. The van der Waals surface area contributed by atoms with Gasteiger partial charge < -0.3 is 9.47 Å². The molecule has 2 aromatic heterocycles. The number of aromatic nitrogens is 3.